The van der Waals surface area contributed by atoms with Gasteiger partial charge in [0.2, 0.25) is 0 Å². The van der Waals surface area contributed by atoms with Crippen molar-refractivity contribution < 1.29 is 27.8 Å². The minimum Gasteiger partial charge on any atom is -0.490 e. The fourth-order valence-corrected chi connectivity index (χ4v) is 6.17. The van der Waals surface area contributed by atoms with Crippen LogP contribution in [0, 0.1) is 11.3 Å². The fraction of sp³-hybridized carbons (Fsp3) is 0.304. The summed E-state index contributed by atoms with van der Waals surface area (Å²) in [7, 11) is -3.82. The highest BCUT2D eigenvalue weighted by molar-refractivity contribution is 7.85. The Morgan fingerprint density at radius 2 is 2.06 bits per heavy atom. The van der Waals surface area contributed by atoms with E-state index in [0.29, 0.717) is 34.2 Å². The molecule has 34 heavy (non-hydrogen) atoms. The topological polar surface area (TPSA) is 147 Å². The molecule has 3 N–H and O–H groups in total. The standard InChI is InChI=1S/C23H22N4O5S2/c1-13(2)32-20-9-6-14(10-15(20)11-24)22-25-26-23(33-22)18-5-3-4-17-16(18)7-8-19(17)27-34(30,31)12-21(28)29/h3-6,9-10,13,19,27H,7-8,12H2,1-2H3,(H,28,29)/p+1. The van der Waals surface area contributed by atoms with Crippen LogP contribution in [0.15, 0.2) is 36.4 Å². The predicted octanol–water partition coefficient (Wildman–Crippen LogP) is 2.50. The SMILES string of the molecule is CC(C)Oc1ccc(-c2nnc(-c3cccc4c3CCC4[NH2+]S(=O)(=O)CC(=O)O)s2)cc1C#N. The molecule has 0 bridgehead atoms. The van der Waals surface area contributed by atoms with Crippen molar-refractivity contribution in [2.24, 2.45) is 0 Å². The maximum absolute atomic E-state index is 12.2. The first-order chi connectivity index (χ1) is 16.2. The van der Waals surface area contributed by atoms with Crippen LogP contribution in [0.25, 0.3) is 21.1 Å². The Kier molecular flexibility index (Phi) is 6.65. The Morgan fingerprint density at radius 1 is 1.29 bits per heavy atom. The first-order valence-electron chi connectivity index (χ1n) is 10.6. The summed E-state index contributed by atoms with van der Waals surface area (Å²) in [5.41, 5.74) is 3.92. The zero-order chi connectivity index (χ0) is 24.5. The Bertz CT molecular complexity index is 1390. The minimum absolute atomic E-state index is 0.0496. The van der Waals surface area contributed by atoms with E-state index in [0.717, 1.165) is 27.0 Å². The van der Waals surface area contributed by atoms with E-state index in [1.54, 1.807) is 12.1 Å². The van der Waals surface area contributed by atoms with Crippen LogP contribution < -0.4 is 9.46 Å². The average molecular weight is 500 g/mol. The van der Waals surface area contributed by atoms with Gasteiger partial charge in [0.1, 0.15) is 27.9 Å². The number of hydrogen-bond acceptors (Lipinski definition) is 8. The van der Waals surface area contributed by atoms with E-state index < -0.39 is 21.7 Å². The molecule has 1 aromatic heterocycles. The van der Waals surface area contributed by atoms with Crippen molar-refractivity contribution in [2.45, 2.75) is 38.8 Å². The molecule has 1 aliphatic rings. The molecule has 1 atom stereocenters. The van der Waals surface area contributed by atoms with Gasteiger partial charge in [-0.25, -0.2) is 4.72 Å². The quantitative estimate of drug-likeness (QED) is 0.480. The summed E-state index contributed by atoms with van der Waals surface area (Å²) in [6.45, 7) is 3.79. The van der Waals surface area contributed by atoms with Gasteiger partial charge in [-0.15, -0.1) is 10.2 Å². The van der Waals surface area contributed by atoms with Crippen LogP contribution in [-0.4, -0.2) is 41.5 Å². The van der Waals surface area contributed by atoms with Crippen molar-refractivity contribution in [3.05, 3.63) is 53.1 Å². The third kappa shape index (κ3) is 5.09. The highest BCUT2D eigenvalue weighted by Gasteiger charge is 2.33. The minimum atomic E-state index is -3.82. The normalized spacial score (nSPS) is 15.2. The first-order valence-corrected chi connectivity index (χ1v) is 13.2. The van der Waals surface area contributed by atoms with Gasteiger partial charge in [0, 0.05) is 23.1 Å². The third-order valence-electron chi connectivity index (χ3n) is 5.38. The van der Waals surface area contributed by atoms with Gasteiger partial charge >= 0.3 is 16.0 Å². The number of nitriles is 1. The molecule has 0 spiro atoms. The number of nitrogens with zero attached hydrogens (tertiary/aromatic N) is 3. The van der Waals surface area contributed by atoms with Gasteiger partial charge in [-0.1, -0.05) is 29.5 Å². The number of hydrogen-bond donors (Lipinski definition) is 2. The molecule has 3 aromatic rings. The van der Waals surface area contributed by atoms with Crippen LogP contribution in [0.5, 0.6) is 5.75 Å². The number of primary sulfonamides is 1. The number of fused-ring (bicyclic) bond motifs is 1. The second kappa shape index (κ2) is 9.50. The van der Waals surface area contributed by atoms with Gasteiger partial charge in [-0.05, 0) is 44.0 Å². The summed E-state index contributed by atoms with van der Waals surface area (Å²) in [5.74, 6) is -1.76. The summed E-state index contributed by atoms with van der Waals surface area (Å²) in [6.07, 6.45) is 1.19. The van der Waals surface area contributed by atoms with Gasteiger partial charge in [0.25, 0.3) is 0 Å². The lowest BCUT2D eigenvalue weighted by Gasteiger charge is -2.11. The molecule has 4 rings (SSSR count). The molecule has 0 fully saturated rings. The summed E-state index contributed by atoms with van der Waals surface area (Å²) in [4.78, 5) is 10.9. The van der Waals surface area contributed by atoms with Crippen LogP contribution >= 0.6 is 11.3 Å². The van der Waals surface area contributed by atoms with Crippen LogP contribution in [0.4, 0.5) is 0 Å². The molecule has 0 amide bonds. The maximum Gasteiger partial charge on any atom is 0.324 e. The van der Waals surface area contributed by atoms with Crippen molar-refractivity contribution in [1.82, 2.24) is 10.2 Å². The molecular weight excluding hydrogens is 476 g/mol. The molecule has 9 nitrogen and oxygen atoms in total. The highest BCUT2D eigenvalue weighted by atomic mass is 32.2. The van der Waals surface area contributed by atoms with Crippen molar-refractivity contribution in [3.63, 3.8) is 0 Å². The zero-order valence-electron chi connectivity index (χ0n) is 18.6. The third-order valence-corrected chi connectivity index (χ3v) is 7.78. The van der Waals surface area contributed by atoms with E-state index in [9.17, 15) is 18.5 Å². The molecule has 11 heteroatoms. The Balaban J connectivity index is 1.62. The number of aliphatic carboxylic acids is 1. The lowest BCUT2D eigenvalue weighted by molar-refractivity contribution is -0.546. The number of quaternary nitrogens is 1. The highest BCUT2D eigenvalue weighted by Crippen LogP contribution is 2.39. The summed E-state index contributed by atoms with van der Waals surface area (Å²) >= 11 is 1.39. The van der Waals surface area contributed by atoms with E-state index in [4.69, 9.17) is 9.84 Å². The molecule has 1 heterocycles. The number of carbonyl (C=O) groups is 1. The number of benzene rings is 2. The van der Waals surface area contributed by atoms with E-state index >= 15 is 0 Å². The number of ether oxygens (including phenoxy) is 1. The summed E-state index contributed by atoms with van der Waals surface area (Å²) in [5, 5.41) is 28.4. The number of aromatic nitrogens is 2. The summed E-state index contributed by atoms with van der Waals surface area (Å²) in [6, 6.07) is 12.8. The number of carboxylic acids is 1. The molecule has 0 saturated carbocycles. The molecule has 1 unspecified atom stereocenters. The molecule has 176 valence electrons. The number of rotatable bonds is 8. The van der Waals surface area contributed by atoms with Crippen molar-refractivity contribution in [3.8, 4) is 33.0 Å². The van der Waals surface area contributed by atoms with Gasteiger partial charge < -0.3 is 9.84 Å². The number of carboxylic acid groups (broad SMARTS) is 1. The first kappa shape index (κ1) is 23.8. The van der Waals surface area contributed by atoms with Gasteiger partial charge in [0.15, 0.2) is 5.75 Å². The van der Waals surface area contributed by atoms with Crippen LogP contribution in [-0.2, 0) is 21.2 Å². The smallest absolute Gasteiger partial charge is 0.324 e. The van der Waals surface area contributed by atoms with Crippen LogP contribution in [0.2, 0.25) is 0 Å². The van der Waals surface area contributed by atoms with E-state index in [1.165, 1.54) is 11.3 Å². The predicted molar refractivity (Wildman–Crippen MR) is 126 cm³/mol. The van der Waals surface area contributed by atoms with Crippen LogP contribution in [0.1, 0.15) is 43.0 Å². The maximum atomic E-state index is 12.2. The lowest BCUT2D eigenvalue weighted by atomic mass is 10.0. The van der Waals surface area contributed by atoms with E-state index in [2.05, 4.69) is 16.3 Å². The Labute approximate surface area is 201 Å². The van der Waals surface area contributed by atoms with Gasteiger partial charge in [-0.3, -0.25) is 4.79 Å². The fourth-order valence-electron chi connectivity index (χ4n) is 4.05. The largest absolute Gasteiger partial charge is 0.490 e. The number of sulfonamides is 1. The molecule has 0 radical (unpaired) electrons. The van der Waals surface area contributed by atoms with Crippen LogP contribution in [0.3, 0.4) is 0 Å². The van der Waals surface area contributed by atoms with Gasteiger partial charge in [-0.2, -0.15) is 13.7 Å². The molecular formula is C23H23N4O5S2+. The molecule has 2 aromatic carbocycles. The second-order valence-electron chi connectivity index (χ2n) is 8.26. The number of nitrogens with two attached hydrogens (primary N) is 1. The molecule has 1 aliphatic carbocycles. The van der Waals surface area contributed by atoms with Gasteiger partial charge in [0.05, 0.1) is 11.7 Å². The van der Waals surface area contributed by atoms with Crippen molar-refractivity contribution in [2.75, 3.05) is 5.75 Å². The monoisotopic (exact) mass is 499 g/mol. The lowest BCUT2D eigenvalue weighted by Crippen LogP contribution is -2.88. The van der Waals surface area contributed by atoms with Crippen molar-refractivity contribution in [1.29, 1.82) is 5.26 Å². The average Bonchev–Trinajstić information content (AvgIpc) is 3.40. The molecule has 0 saturated heterocycles. The second-order valence-corrected chi connectivity index (χ2v) is 11.1. The van der Waals surface area contributed by atoms with Crippen molar-refractivity contribution >= 4 is 27.3 Å². The van der Waals surface area contributed by atoms with E-state index in [-0.39, 0.29) is 12.1 Å². The van der Waals surface area contributed by atoms with E-state index in [1.807, 2.05) is 38.1 Å². The molecule has 0 aliphatic heterocycles. The zero-order valence-corrected chi connectivity index (χ0v) is 20.2. The Morgan fingerprint density at radius 3 is 2.76 bits per heavy atom. The Hall–Kier alpha value is -3.33. The summed E-state index contributed by atoms with van der Waals surface area (Å²) < 4.78 is 31.2.